The van der Waals surface area contributed by atoms with E-state index in [0.29, 0.717) is 19.8 Å². The highest BCUT2D eigenvalue weighted by Crippen LogP contribution is 2.44. The van der Waals surface area contributed by atoms with Gasteiger partial charge in [-0.15, -0.1) is 6.58 Å². The highest BCUT2D eigenvalue weighted by Gasteiger charge is 2.50. The van der Waals surface area contributed by atoms with Gasteiger partial charge in [0.2, 0.25) is 0 Å². The summed E-state index contributed by atoms with van der Waals surface area (Å²) in [6.07, 6.45) is 3.59. The molecular weight excluding hydrogens is 206 g/mol. The molecule has 2 fully saturated rings. The van der Waals surface area contributed by atoms with Crippen molar-refractivity contribution in [3.8, 4) is 0 Å². The highest BCUT2D eigenvalue weighted by molar-refractivity contribution is 5.72. The number of aliphatic carboxylic acids is 1. The molecule has 90 valence electrons. The van der Waals surface area contributed by atoms with Crippen molar-refractivity contribution in [2.45, 2.75) is 12.8 Å². The van der Waals surface area contributed by atoms with Crippen molar-refractivity contribution >= 4 is 5.97 Å². The molecular formula is C12H19NO3. The summed E-state index contributed by atoms with van der Waals surface area (Å²) in [4.78, 5) is 13.5. The fraction of sp³-hybridized carbons (Fsp3) is 0.750. The maximum atomic E-state index is 11.3. The van der Waals surface area contributed by atoms with Crippen LogP contribution in [0, 0.1) is 11.3 Å². The number of ether oxygens (including phenoxy) is 1. The first-order valence-electron chi connectivity index (χ1n) is 5.82. The molecule has 0 radical (unpaired) electrons. The molecule has 4 heteroatoms. The van der Waals surface area contributed by atoms with E-state index in [2.05, 4.69) is 11.5 Å². The van der Waals surface area contributed by atoms with Crippen LogP contribution in [-0.2, 0) is 9.53 Å². The Morgan fingerprint density at radius 1 is 1.56 bits per heavy atom. The van der Waals surface area contributed by atoms with Gasteiger partial charge in [-0.1, -0.05) is 6.08 Å². The topological polar surface area (TPSA) is 49.8 Å². The fourth-order valence-corrected chi connectivity index (χ4v) is 3.02. The number of carbonyl (C=O) groups is 1. The third-order valence-electron chi connectivity index (χ3n) is 3.89. The standard InChI is InChI=1S/C12H19NO3/c1-2-5-13-8-10(11(14)15)12(9-13)3-6-16-7-4-12/h2,10H,1,3-9H2,(H,14,15)/t10-/m1/s1. The Labute approximate surface area is 95.9 Å². The van der Waals surface area contributed by atoms with E-state index in [9.17, 15) is 9.90 Å². The van der Waals surface area contributed by atoms with E-state index in [1.165, 1.54) is 0 Å². The van der Waals surface area contributed by atoms with Gasteiger partial charge in [0.05, 0.1) is 5.92 Å². The predicted octanol–water partition coefficient (Wildman–Crippen LogP) is 0.986. The lowest BCUT2D eigenvalue weighted by molar-refractivity contribution is -0.146. The molecule has 0 amide bonds. The third kappa shape index (κ3) is 1.99. The lowest BCUT2D eigenvalue weighted by Gasteiger charge is -2.36. The molecule has 1 atom stereocenters. The first-order valence-corrected chi connectivity index (χ1v) is 5.82. The maximum absolute atomic E-state index is 11.3. The summed E-state index contributed by atoms with van der Waals surface area (Å²) >= 11 is 0. The molecule has 0 bridgehead atoms. The zero-order valence-electron chi connectivity index (χ0n) is 9.52. The molecule has 0 aromatic heterocycles. The van der Waals surface area contributed by atoms with Gasteiger partial charge in [-0.2, -0.15) is 0 Å². The molecule has 2 aliphatic rings. The van der Waals surface area contributed by atoms with E-state index in [1.54, 1.807) is 0 Å². The van der Waals surface area contributed by atoms with E-state index < -0.39 is 5.97 Å². The van der Waals surface area contributed by atoms with Crippen molar-refractivity contribution in [1.29, 1.82) is 0 Å². The van der Waals surface area contributed by atoms with Crippen LogP contribution in [0.4, 0.5) is 0 Å². The summed E-state index contributed by atoms with van der Waals surface area (Å²) in [6, 6.07) is 0. The summed E-state index contributed by atoms with van der Waals surface area (Å²) in [7, 11) is 0. The second-order valence-electron chi connectivity index (χ2n) is 4.85. The number of rotatable bonds is 3. The largest absolute Gasteiger partial charge is 0.481 e. The van der Waals surface area contributed by atoms with Crippen LogP contribution in [0.2, 0.25) is 0 Å². The average Bonchev–Trinajstić information content (AvgIpc) is 2.59. The lowest BCUT2D eigenvalue weighted by Crippen LogP contribution is -2.40. The first-order chi connectivity index (χ1) is 7.68. The second-order valence-corrected chi connectivity index (χ2v) is 4.85. The zero-order chi connectivity index (χ0) is 11.6. The van der Waals surface area contributed by atoms with Crippen LogP contribution in [0.15, 0.2) is 12.7 Å². The minimum atomic E-state index is -0.659. The molecule has 2 rings (SSSR count). The van der Waals surface area contributed by atoms with Crippen LogP contribution in [0.5, 0.6) is 0 Å². The highest BCUT2D eigenvalue weighted by atomic mass is 16.5. The van der Waals surface area contributed by atoms with E-state index >= 15 is 0 Å². The van der Waals surface area contributed by atoms with Crippen molar-refractivity contribution < 1.29 is 14.6 Å². The molecule has 2 aliphatic heterocycles. The zero-order valence-corrected chi connectivity index (χ0v) is 9.52. The van der Waals surface area contributed by atoms with Gasteiger partial charge in [0.15, 0.2) is 0 Å². The van der Waals surface area contributed by atoms with E-state index in [-0.39, 0.29) is 11.3 Å². The smallest absolute Gasteiger partial charge is 0.308 e. The molecule has 0 aliphatic carbocycles. The molecule has 2 heterocycles. The monoisotopic (exact) mass is 225 g/mol. The molecule has 4 nitrogen and oxygen atoms in total. The Bertz CT molecular complexity index is 284. The molecule has 1 N–H and O–H groups in total. The summed E-state index contributed by atoms with van der Waals surface area (Å²) < 4.78 is 5.35. The van der Waals surface area contributed by atoms with Crippen molar-refractivity contribution in [1.82, 2.24) is 4.90 Å². The molecule has 0 saturated carbocycles. The van der Waals surface area contributed by atoms with Gasteiger partial charge in [0, 0.05) is 38.3 Å². The minimum Gasteiger partial charge on any atom is -0.481 e. The normalized spacial score (nSPS) is 29.4. The van der Waals surface area contributed by atoms with Crippen molar-refractivity contribution in [3.05, 3.63) is 12.7 Å². The third-order valence-corrected chi connectivity index (χ3v) is 3.89. The number of hydrogen-bond donors (Lipinski definition) is 1. The van der Waals surface area contributed by atoms with Crippen LogP contribution < -0.4 is 0 Å². The Kier molecular flexibility index (Phi) is 3.30. The van der Waals surface area contributed by atoms with Crippen LogP contribution in [0.1, 0.15) is 12.8 Å². The van der Waals surface area contributed by atoms with Gasteiger partial charge in [0.1, 0.15) is 0 Å². The number of likely N-dealkylation sites (tertiary alicyclic amines) is 1. The number of carboxylic acid groups (broad SMARTS) is 1. The number of hydrogen-bond acceptors (Lipinski definition) is 3. The van der Waals surface area contributed by atoms with E-state index in [4.69, 9.17) is 4.74 Å². The molecule has 1 spiro atoms. The SMILES string of the molecule is C=CCN1C[C@H](C(=O)O)C2(CCOCC2)C1. The average molecular weight is 225 g/mol. The summed E-state index contributed by atoms with van der Waals surface area (Å²) in [6.45, 7) is 7.43. The van der Waals surface area contributed by atoms with Gasteiger partial charge in [-0.3, -0.25) is 9.69 Å². The van der Waals surface area contributed by atoms with Crippen LogP contribution in [-0.4, -0.2) is 48.8 Å². The molecule has 2 saturated heterocycles. The summed E-state index contributed by atoms with van der Waals surface area (Å²) in [5.41, 5.74) is -0.0624. The summed E-state index contributed by atoms with van der Waals surface area (Å²) in [5.74, 6) is -0.898. The number of nitrogens with zero attached hydrogens (tertiary/aromatic N) is 1. The Hall–Kier alpha value is -0.870. The van der Waals surface area contributed by atoms with Crippen LogP contribution >= 0.6 is 0 Å². The Morgan fingerprint density at radius 3 is 2.81 bits per heavy atom. The van der Waals surface area contributed by atoms with Gasteiger partial charge in [-0.05, 0) is 12.8 Å². The molecule has 0 aromatic rings. The van der Waals surface area contributed by atoms with E-state index in [1.807, 2.05) is 6.08 Å². The molecule has 0 unspecified atom stereocenters. The quantitative estimate of drug-likeness (QED) is 0.728. The van der Waals surface area contributed by atoms with E-state index in [0.717, 1.165) is 25.9 Å². The lowest BCUT2D eigenvalue weighted by atomic mass is 9.72. The van der Waals surface area contributed by atoms with Crippen molar-refractivity contribution in [2.75, 3.05) is 32.8 Å². The van der Waals surface area contributed by atoms with Crippen LogP contribution in [0.25, 0.3) is 0 Å². The predicted molar refractivity (Wildman–Crippen MR) is 60.2 cm³/mol. The Morgan fingerprint density at radius 2 is 2.25 bits per heavy atom. The molecule has 16 heavy (non-hydrogen) atoms. The summed E-state index contributed by atoms with van der Waals surface area (Å²) in [5, 5.41) is 9.32. The van der Waals surface area contributed by atoms with Crippen molar-refractivity contribution in [2.24, 2.45) is 11.3 Å². The second kappa shape index (κ2) is 4.55. The van der Waals surface area contributed by atoms with Gasteiger partial charge >= 0.3 is 5.97 Å². The van der Waals surface area contributed by atoms with Crippen molar-refractivity contribution in [3.63, 3.8) is 0 Å². The fourth-order valence-electron chi connectivity index (χ4n) is 3.02. The van der Waals surface area contributed by atoms with Gasteiger partial charge < -0.3 is 9.84 Å². The maximum Gasteiger partial charge on any atom is 0.308 e. The first kappa shape index (κ1) is 11.6. The van der Waals surface area contributed by atoms with Gasteiger partial charge in [-0.25, -0.2) is 0 Å². The molecule has 0 aromatic carbocycles. The van der Waals surface area contributed by atoms with Crippen LogP contribution in [0.3, 0.4) is 0 Å². The van der Waals surface area contributed by atoms with Gasteiger partial charge in [0.25, 0.3) is 0 Å². The minimum absolute atomic E-state index is 0.0624. The number of carboxylic acids is 1. The Balaban J connectivity index is 2.13.